The molecule has 24 heavy (non-hydrogen) atoms. The fraction of sp³-hybridized carbons (Fsp3) is 0.368. The van der Waals surface area contributed by atoms with Gasteiger partial charge < -0.3 is 10.2 Å². The van der Waals surface area contributed by atoms with Crippen LogP contribution in [0.15, 0.2) is 47.7 Å². The second-order valence-electron chi connectivity index (χ2n) is 5.77. The SMILES string of the molecule is CCNC(=NCCc1ccncc1C)N(C)Cc1ccc(Cl)cc1. The summed E-state index contributed by atoms with van der Waals surface area (Å²) in [4.78, 5) is 11.0. The van der Waals surface area contributed by atoms with E-state index in [2.05, 4.69) is 35.1 Å². The Kier molecular flexibility index (Phi) is 7.07. The van der Waals surface area contributed by atoms with Gasteiger partial charge in [-0.1, -0.05) is 23.7 Å². The van der Waals surface area contributed by atoms with Crippen molar-refractivity contribution in [3.8, 4) is 0 Å². The van der Waals surface area contributed by atoms with Crippen LogP contribution in [0.2, 0.25) is 5.02 Å². The fourth-order valence-electron chi connectivity index (χ4n) is 2.47. The van der Waals surface area contributed by atoms with Crippen molar-refractivity contribution < 1.29 is 0 Å². The molecule has 1 aromatic heterocycles. The maximum atomic E-state index is 5.95. The first kappa shape index (κ1) is 18.3. The van der Waals surface area contributed by atoms with E-state index in [9.17, 15) is 0 Å². The quantitative estimate of drug-likeness (QED) is 0.642. The van der Waals surface area contributed by atoms with E-state index in [1.807, 2.05) is 43.7 Å². The second kappa shape index (κ2) is 9.28. The number of aromatic nitrogens is 1. The van der Waals surface area contributed by atoms with Gasteiger partial charge in [-0.2, -0.15) is 0 Å². The average molecular weight is 345 g/mol. The third-order valence-corrected chi connectivity index (χ3v) is 4.06. The van der Waals surface area contributed by atoms with Crippen molar-refractivity contribution in [3.63, 3.8) is 0 Å². The number of nitrogens with one attached hydrogen (secondary N) is 1. The van der Waals surface area contributed by atoms with Gasteiger partial charge in [-0.25, -0.2) is 0 Å². The first-order valence-electron chi connectivity index (χ1n) is 8.23. The summed E-state index contributed by atoms with van der Waals surface area (Å²) < 4.78 is 0. The fourth-order valence-corrected chi connectivity index (χ4v) is 2.60. The van der Waals surface area contributed by atoms with E-state index in [4.69, 9.17) is 16.6 Å². The number of guanidine groups is 1. The van der Waals surface area contributed by atoms with Crippen molar-refractivity contribution in [2.75, 3.05) is 20.1 Å². The van der Waals surface area contributed by atoms with E-state index in [-0.39, 0.29) is 0 Å². The summed E-state index contributed by atoms with van der Waals surface area (Å²) in [5, 5.41) is 4.11. The lowest BCUT2D eigenvalue weighted by atomic mass is 10.1. The van der Waals surface area contributed by atoms with Crippen molar-refractivity contribution in [2.24, 2.45) is 4.99 Å². The van der Waals surface area contributed by atoms with Crippen molar-refractivity contribution in [1.29, 1.82) is 0 Å². The van der Waals surface area contributed by atoms with Gasteiger partial charge >= 0.3 is 0 Å². The van der Waals surface area contributed by atoms with Crippen molar-refractivity contribution in [3.05, 3.63) is 64.4 Å². The predicted molar refractivity (Wildman–Crippen MR) is 102 cm³/mol. The molecule has 0 saturated heterocycles. The summed E-state index contributed by atoms with van der Waals surface area (Å²) in [7, 11) is 2.05. The lowest BCUT2D eigenvalue weighted by Crippen LogP contribution is -2.38. The van der Waals surface area contributed by atoms with Gasteiger partial charge in [0, 0.05) is 44.1 Å². The zero-order chi connectivity index (χ0) is 17.4. The van der Waals surface area contributed by atoms with Crippen LogP contribution in [0.5, 0.6) is 0 Å². The van der Waals surface area contributed by atoms with Crippen LogP contribution in [0.3, 0.4) is 0 Å². The normalized spacial score (nSPS) is 11.4. The number of hydrogen-bond donors (Lipinski definition) is 1. The number of benzene rings is 1. The molecule has 0 atom stereocenters. The van der Waals surface area contributed by atoms with Gasteiger partial charge in [-0.3, -0.25) is 9.98 Å². The summed E-state index contributed by atoms with van der Waals surface area (Å²) >= 11 is 5.95. The molecule has 0 amide bonds. The Morgan fingerprint density at radius 2 is 2.00 bits per heavy atom. The molecule has 2 rings (SSSR count). The highest BCUT2D eigenvalue weighted by Gasteiger charge is 2.06. The molecule has 0 unspecified atom stereocenters. The first-order chi connectivity index (χ1) is 11.6. The molecule has 0 spiro atoms. The number of aliphatic imine (C=N–C) groups is 1. The molecule has 2 aromatic rings. The number of nitrogens with zero attached hydrogens (tertiary/aromatic N) is 3. The monoisotopic (exact) mass is 344 g/mol. The molecule has 1 aromatic carbocycles. The lowest BCUT2D eigenvalue weighted by Gasteiger charge is -2.22. The minimum Gasteiger partial charge on any atom is -0.357 e. The standard InChI is InChI=1S/C19H25ClN4/c1-4-22-19(23-12-10-17-9-11-21-13-15(17)2)24(3)14-16-5-7-18(20)8-6-16/h5-9,11,13H,4,10,12,14H2,1-3H3,(H,22,23). The molecule has 5 heteroatoms. The van der Waals surface area contributed by atoms with Gasteiger partial charge in [0.05, 0.1) is 0 Å². The molecule has 0 saturated carbocycles. The maximum Gasteiger partial charge on any atom is 0.193 e. The van der Waals surface area contributed by atoms with Crippen LogP contribution < -0.4 is 5.32 Å². The summed E-state index contributed by atoms with van der Waals surface area (Å²) in [6, 6.07) is 9.99. The van der Waals surface area contributed by atoms with Crippen LogP contribution in [-0.2, 0) is 13.0 Å². The Morgan fingerprint density at radius 3 is 2.67 bits per heavy atom. The molecule has 0 aliphatic carbocycles. The Morgan fingerprint density at radius 1 is 1.25 bits per heavy atom. The molecule has 4 nitrogen and oxygen atoms in total. The van der Waals surface area contributed by atoms with Gasteiger partial charge in [-0.05, 0) is 55.2 Å². The molecule has 0 fully saturated rings. The van der Waals surface area contributed by atoms with E-state index in [0.29, 0.717) is 0 Å². The van der Waals surface area contributed by atoms with Crippen molar-refractivity contribution >= 4 is 17.6 Å². The number of halogens is 1. The number of rotatable bonds is 6. The summed E-state index contributed by atoms with van der Waals surface area (Å²) in [5.41, 5.74) is 3.72. The Labute approximate surface area is 149 Å². The van der Waals surface area contributed by atoms with Gasteiger partial charge in [0.25, 0.3) is 0 Å². The molecule has 128 valence electrons. The molecule has 1 N–H and O–H groups in total. The zero-order valence-electron chi connectivity index (χ0n) is 14.6. The average Bonchev–Trinajstić information content (AvgIpc) is 2.58. The third kappa shape index (κ3) is 5.53. The summed E-state index contributed by atoms with van der Waals surface area (Å²) in [6.45, 7) is 6.55. The summed E-state index contributed by atoms with van der Waals surface area (Å²) in [5.74, 6) is 0.916. The molecule has 0 radical (unpaired) electrons. The largest absolute Gasteiger partial charge is 0.357 e. The lowest BCUT2D eigenvalue weighted by molar-refractivity contribution is 0.477. The zero-order valence-corrected chi connectivity index (χ0v) is 15.3. The van der Waals surface area contributed by atoms with E-state index in [1.54, 1.807) is 0 Å². The minimum atomic E-state index is 0.748. The van der Waals surface area contributed by atoms with E-state index < -0.39 is 0 Å². The highest BCUT2D eigenvalue weighted by molar-refractivity contribution is 6.30. The van der Waals surface area contributed by atoms with Crippen molar-refractivity contribution in [2.45, 2.75) is 26.8 Å². The van der Waals surface area contributed by atoms with Crippen LogP contribution in [0.4, 0.5) is 0 Å². The first-order valence-corrected chi connectivity index (χ1v) is 8.61. The minimum absolute atomic E-state index is 0.748. The van der Waals surface area contributed by atoms with Crippen molar-refractivity contribution in [1.82, 2.24) is 15.2 Å². The second-order valence-corrected chi connectivity index (χ2v) is 6.21. The van der Waals surface area contributed by atoms with E-state index in [0.717, 1.165) is 37.0 Å². The Balaban J connectivity index is 1.98. The summed E-state index contributed by atoms with van der Waals surface area (Å²) in [6.07, 6.45) is 4.65. The van der Waals surface area contributed by atoms with Crippen LogP contribution in [0.25, 0.3) is 0 Å². The van der Waals surface area contributed by atoms with Gasteiger partial charge in [-0.15, -0.1) is 0 Å². The number of hydrogen-bond acceptors (Lipinski definition) is 2. The number of pyridine rings is 1. The van der Waals surface area contributed by atoms with Crippen LogP contribution in [0.1, 0.15) is 23.6 Å². The van der Waals surface area contributed by atoms with Gasteiger partial charge in [0.15, 0.2) is 5.96 Å². The van der Waals surface area contributed by atoms with E-state index in [1.165, 1.54) is 16.7 Å². The molecule has 1 heterocycles. The Hall–Kier alpha value is -2.07. The van der Waals surface area contributed by atoms with Gasteiger partial charge in [0.2, 0.25) is 0 Å². The molecular weight excluding hydrogens is 320 g/mol. The Bertz CT molecular complexity index is 667. The van der Waals surface area contributed by atoms with Crippen LogP contribution >= 0.6 is 11.6 Å². The molecule has 0 bridgehead atoms. The maximum absolute atomic E-state index is 5.95. The predicted octanol–water partition coefficient (Wildman–Crippen LogP) is 3.68. The molecule has 0 aliphatic rings. The van der Waals surface area contributed by atoms with Crippen LogP contribution in [0, 0.1) is 6.92 Å². The topological polar surface area (TPSA) is 40.5 Å². The molecular formula is C19H25ClN4. The highest BCUT2D eigenvalue weighted by Crippen LogP contribution is 2.11. The van der Waals surface area contributed by atoms with E-state index >= 15 is 0 Å². The van der Waals surface area contributed by atoms with Gasteiger partial charge in [0.1, 0.15) is 0 Å². The number of aryl methyl sites for hydroxylation is 1. The highest BCUT2D eigenvalue weighted by atomic mass is 35.5. The van der Waals surface area contributed by atoms with Crippen LogP contribution in [-0.4, -0.2) is 36.0 Å². The molecule has 0 aliphatic heterocycles. The third-order valence-electron chi connectivity index (χ3n) is 3.81. The smallest absolute Gasteiger partial charge is 0.193 e.